The van der Waals surface area contributed by atoms with E-state index in [0.29, 0.717) is 17.6 Å². The second-order valence-corrected chi connectivity index (χ2v) is 5.04. The lowest BCUT2D eigenvalue weighted by Gasteiger charge is -2.31. The summed E-state index contributed by atoms with van der Waals surface area (Å²) in [5.41, 5.74) is 0.458. The standard InChI is InChI=1S/C10H18O/c1-10(2,3)7-5-4-6-8-9(7)11-8/h7-9H,4-6H2,1-3H3/t7-,8-,9+/m0/s1. The Labute approximate surface area is 69.1 Å². The summed E-state index contributed by atoms with van der Waals surface area (Å²) < 4.78 is 5.62. The molecule has 0 radical (unpaired) electrons. The molecule has 0 N–H and O–H groups in total. The fraction of sp³-hybridized carbons (Fsp3) is 1.00. The fourth-order valence-corrected chi connectivity index (χ4v) is 2.37. The van der Waals surface area contributed by atoms with Gasteiger partial charge in [-0.3, -0.25) is 0 Å². The summed E-state index contributed by atoms with van der Waals surface area (Å²) in [5.74, 6) is 0.821. The van der Waals surface area contributed by atoms with Crippen LogP contribution in [0.5, 0.6) is 0 Å². The topological polar surface area (TPSA) is 12.5 Å². The smallest absolute Gasteiger partial charge is 0.0874 e. The minimum absolute atomic E-state index is 0.458. The van der Waals surface area contributed by atoms with Crippen molar-refractivity contribution in [3.05, 3.63) is 0 Å². The Morgan fingerprint density at radius 3 is 2.45 bits per heavy atom. The average molecular weight is 154 g/mol. The van der Waals surface area contributed by atoms with Gasteiger partial charge in [-0.05, 0) is 24.2 Å². The Morgan fingerprint density at radius 1 is 1.18 bits per heavy atom. The predicted molar refractivity (Wildman–Crippen MR) is 45.5 cm³/mol. The zero-order valence-electron chi connectivity index (χ0n) is 7.76. The van der Waals surface area contributed by atoms with Crippen molar-refractivity contribution in [3.63, 3.8) is 0 Å². The van der Waals surface area contributed by atoms with Gasteiger partial charge in [-0.1, -0.05) is 27.2 Å². The van der Waals surface area contributed by atoms with Crippen LogP contribution in [0.2, 0.25) is 0 Å². The SMILES string of the molecule is CC(C)(C)[C@H]1CCC[C@@H]2O[C@@H]21. The number of rotatable bonds is 0. The highest BCUT2D eigenvalue weighted by Crippen LogP contribution is 2.48. The summed E-state index contributed by atoms with van der Waals surface area (Å²) in [6, 6.07) is 0. The van der Waals surface area contributed by atoms with Crippen LogP contribution in [0.4, 0.5) is 0 Å². The van der Waals surface area contributed by atoms with E-state index in [1.165, 1.54) is 19.3 Å². The summed E-state index contributed by atoms with van der Waals surface area (Å²) in [7, 11) is 0. The second-order valence-electron chi connectivity index (χ2n) is 5.04. The molecule has 1 aliphatic carbocycles. The first-order valence-corrected chi connectivity index (χ1v) is 4.74. The van der Waals surface area contributed by atoms with E-state index in [-0.39, 0.29) is 0 Å². The highest BCUT2D eigenvalue weighted by Gasteiger charge is 2.50. The number of ether oxygens (including phenoxy) is 1. The lowest BCUT2D eigenvalue weighted by molar-refractivity contribution is 0.172. The number of hydrogen-bond acceptors (Lipinski definition) is 1. The van der Waals surface area contributed by atoms with Crippen molar-refractivity contribution in [2.45, 2.75) is 52.2 Å². The molecule has 0 bridgehead atoms. The van der Waals surface area contributed by atoms with E-state index in [1.807, 2.05) is 0 Å². The number of fused-ring (bicyclic) bond motifs is 1. The van der Waals surface area contributed by atoms with Crippen LogP contribution in [0.25, 0.3) is 0 Å². The molecule has 2 rings (SSSR count). The van der Waals surface area contributed by atoms with E-state index in [4.69, 9.17) is 4.74 Å². The third kappa shape index (κ3) is 1.31. The van der Waals surface area contributed by atoms with Crippen LogP contribution in [0.15, 0.2) is 0 Å². The van der Waals surface area contributed by atoms with Crippen LogP contribution >= 0.6 is 0 Å². The zero-order chi connectivity index (χ0) is 8.06. The van der Waals surface area contributed by atoms with Crippen LogP contribution in [-0.2, 0) is 4.74 Å². The third-order valence-corrected chi connectivity index (χ3v) is 3.13. The minimum atomic E-state index is 0.458. The van der Waals surface area contributed by atoms with E-state index in [2.05, 4.69) is 20.8 Å². The molecular formula is C10H18O. The molecule has 1 aliphatic heterocycles. The third-order valence-electron chi connectivity index (χ3n) is 3.13. The quantitative estimate of drug-likeness (QED) is 0.489. The van der Waals surface area contributed by atoms with Gasteiger partial charge in [-0.25, -0.2) is 0 Å². The predicted octanol–water partition coefficient (Wildman–Crippen LogP) is 2.60. The van der Waals surface area contributed by atoms with Crippen molar-refractivity contribution in [2.75, 3.05) is 0 Å². The van der Waals surface area contributed by atoms with Crippen LogP contribution in [0, 0.1) is 11.3 Å². The van der Waals surface area contributed by atoms with Crippen molar-refractivity contribution in [3.8, 4) is 0 Å². The van der Waals surface area contributed by atoms with E-state index >= 15 is 0 Å². The Kier molecular flexibility index (Phi) is 1.54. The molecule has 3 atom stereocenters. The fourth-order valence-electron chi connectivity index (χ4n) is 2.37. The number of hydrogen-bond donors (Lipinski definition) is 0. The minimum Gasteiger partial charge on any atom is -0.369 e. The molecule has 0 aromatic heterocycles. The molecular weight excluding hydrogens is 136 g/mol. The zero-order valence-corrected chi connectivity index (χ0v) is 7.76. The van der Waals surface area contributed by atoms with Crippen LogP contribution in [0.3, 0.4) is 0 Å². The molecule has 1 heteroatoms. The van der Waals surface area contributed by atoms with Gasteiger partial charge in [0.1, 0.15) is 0 Å². The van der Waals surface area contributed by atoms with E-state index < -0.39 is 0 Å². The van der Waals surface area contributed by atoms with Crippen molar-refractivity contribution in [1.82, 2.24) is 0 Å². The van der Waals surface area contributed by atoms with Crippen molar-refractivity contribution < 1.29 is 4.74 Å². The maximum Gasteiger partial charge on any atom is 0.0874 e. The van der Waals surface area contributed by atoms with E-state index in [1.54, 1.807) is 0 Å². The molecule has 1 nitrogen and oxygen atoms in total. The van der Waals surface area contributed by atoms with Gasteiger partial charge in [0, 0.05) is 0 Å². The molecule has 2 aliphatic rings. The lowest BCUT2D eigenvalue weighted by atomic mass is 9.72. The Morgan fingerprint density at radius 2 is 1.91 bits per heavy atom. The Balaban J connectivity index is 2.03. The molecule has 0 aromatic carbocycles. The monoisotopic (exact) mass is 154 g/mol. The summed E-state index contributed by atoms with van der Waals surface area (Å²) in [6.07, 6.45) is 5.35. The van der Waals surface area contributed by atoms with Crippen molar-refractivity contribution >= 4 is 0 Å². The molecule has 0 spiro atoms. The molecule has 11 heavy (non-hydrogen) atoms. The van der Waals surface area contributed by atoms with Crippen LogP contribution in [-0.4, -0.2) is 12.2 Å². The number of epoxide rings is 1. The van der Waals surface area contributed by atoms with Crippen LogP contribution in [0.1, 0.15) is 40.0 Å². The molecule has 2 fully saturated rings. The molecule has 0 unspecified atom stereocenters. The van der Waals surface area contributed by atoms with Gasteiger partial charge in [0.05, 0.1) is 12.2 Å². The first kappa shape index (κ1) is 7.60. The second kappa shape index (κ2) is 2.22. The molecule has 0 aromatic rings. The highest BCUT2D eigenvalue weighted by molar-refractivity contribution is 4.98. The van der Waals surface area contributed by atoms with Gasteiger partial charge in [0.15, 0.2) is 0 Å². The van der Waals surface area contributed by atoms with Gasteiger partial charge in [-0.2, -0.15) is 0 Å². The van der Waals surface area contributed by atoms with Gasteiger partial charge in [0.2, 0.25) is 0 Å². The van der Waals surface area contributed by atoms with Gasteiger partial charge >= 0.3 is 0 Å². The summed E-state index contributed by atoms with van der Waals surface area (Å²) in [6.45, 7) is 7.01. The highest BCUT2D eigenvalue weighted by atomic mass is 16.6. The Hall–Kier alpha value is -0.0400. The molecule has 1 saturated heterocycles. The lowest BCUT2D eigenvalue weighted by Crippen LogP contribution is -2.29. The van der Waals surface area contributed by atoms with Crippen molar-refractivity contribution in [1.29, 1.82) is 0 Å². The van der Waals surface area contributed by atoms with Gasteiger partial charge < -0.3 is 4.74 Å². The summed E-state index contributed by atoms with van der Waals surface area (Å²) >= 11 is 0. The first-order valence-electron chi connectivity index (χ1n) is 4.74. The van der Waals surface area contributed by atoms with Gasteiger partial charge in [0.25, 0.3) is 0 Å². The van der Waals surface area contributed by atoms with Crippen LogP contribution < -0.4 is 0 Å². The maximum absolute atomic E-state index is 5.62. The normalized spacial score (nSPS) is 43.4. The van der Waals surface area contributed by atoms with E-state index in [9.17, 15) is 0 Å². The maximum atomic E-state index is 5.62. The van der Waals surface area contributed by atoms with Gasteiger partial charge in [-0.15, -0.1) is 0 Å². The molecule has 1 heterocycles. The van der Waals surface area contributed by atoms with E-state index in [0.717, 1.165) is 5.92 Å². The average Bonchev–Trinajstić information content (AvgIpc) is 2.60. The first-order chi connectivity index (χ1) is 5.09. The summed E-state index contributed by atoms with van der Waals surface area (Å²) in [5, 5.41) is 0. The molecule has 1 saturated carbocycles. The molecule has 0 amide bonds. The largest absolute Gasteiger partial charge is 0.369 e. The van der Waals surface area contributed by atoms with Crippen molar-refractivity contribution in [2.24, 2.45) is 11.3 Å². The molecule has 64 valence electrons. The summed E-state index contributed by atoms with van der Waals surface area (Å²) in [4.78, 5) is 0. The Bertz CT molecular complexity index is 157.